The Hall–Kier alpha value is -1.59. The van der Waals surface area contributed by atoms with E-state index in [4.69, 9.17) is 9.47 Å². The number of aryl methyl sites for hydroxylation is 2. The van der Waals surface area contributed by atoms with Crippen LogP contribution in [0.3, 0.4) is 0 Å². The number of aliphatic hydroxyl groups excluding tert-OH is 1. The highest BCUT2D eigenvalue weighted by atomic mass is 16.5. The van der Waals surface area contributed by atoms with Crippen molar-refractivity contribution in [3.05, 3.63) is 29.3 Å². The van der Waals surface area contributed by atoms with E-state index in [0.717, 1.165) is 24.2 Å². The summed E-state index contributed by atoms with van der Waals surface area (Å²) in [5.41, 5.74) is 2.36. The Bertz CT molecular complexity index is 574. The standard InChI is InChI=1S/C18H25NO4/c1-12-3-4-15(7-13(12)2)23-11-18(21)19-5-6-22-17-9-14(10-20)8-16(17)19/h3-4,7,14,16-17,20H,5-6,8-11H2,1-2H3/t14-,16+,17+/m1/s1. The van der Waals surface area contributed by atoms with Gasteiger partial charge in [0.1, 0.15) is 5.75 Å². The first-order chi connectivity index (χ1) is 11.1. The molecule has 1 saturated carbocycles. The molecule has 2 aliphatic rings. The molecule has 1 aliphatic carbocycles. The van der Waals surface area contributed by atoms with Crippen molar-refractivity contribution in [2.24, 2.45) is 5.92 Å². The number of aliphatic hydroxyl groups is 1. The second-order valence-corrected chi connectivity index (χ2v) is 6.62. The van der Waals surface area contributed by atoms with Gasteiger partial charge in [-0.3, -0.25) is 4.79 Å². The zero-order chi connectivity index (χ0) is 16.4. The first-order valence-corrected chi connectivity index (χ1v) is 8.30. The molecule has 2 fully saturated rings. The summed E-state index contributed by atoms with van der Waals surface area (Å²) in [6.07, 6.45) is 1.71. The minimum atomic E-state index is 0.000109. The lowest BCUT2D eigenvalue weighted by Crippen LogP contribution is -2.52. The number of carbonyl (C=O) groups is 1. The van der Waals surface area contributed by atoms with Crippen molar-refractivity contribution in [3.63, 3.8) is 0 Å². The number of hydrogen-bond donors (Lipinski definition) is 1. The lowest BCUT2D eigenvalue weighted by Gasteiger charge is -2.37. The lowest BCUT2D eigenvalue weighted by atomic mass is 10.1. The van der Waals surface area contributed by atoms with Crippen LogP contribution in [0.4, 0.5) is 0 Å². The third-order valence-electron chi connectivity index (χ3n) is 5.05. The van der Waals surface area contributed by atoms with Crippen molar-refractivity contribution >= 4 is 5.91 Å². The molecule has 0 aromatic heterocycles. The molecule has 126 valence electrons. The van der Waals surface area contributed by atoms with E-state index in [1.807, 2.05) is 30.0 Å². The van der Waals surface area contributed by atoms with Crippen LogP contribution in [0.15, 0.2) is 18.2 Å². The predicted octanol–water partition coefficient (Wildman–Crippen LogP) is 1.68. The zero-order valence-corrected chi connectivity index (χ0v) is 13.8. The summed E-state index contributed by atoms with van der Waals surface area (Å²) >= 11 is 0. The highest BCUT2D eigenvalue weighted by molar-refractivity contribution is 5.78. The molecule has 0 bridgehead atoms. The molecule has 3 rings (SSSR count). The second kappa shape index (κ2) is 6.89. The molecule has 1 amide bonds. The zero-order valence-electron chi connectivity index (χ0n) is 13.8. The maximum atomic E-state index is 12.5. The van der Waals surface area contributed by atoms with E-state index in [1.165, 1.54) is 5.56 Å². The van der Waals surface area contributed by atoms with Crippen LogP contribution in [-0.4, -0.2) is 54.4 Å². The Balaban J connectivity index is 1.60. The summed E-state index contributed by atoms with van der Waals surface area (Å²) < 4.78 is 11.4. The molecule has 1 saturated heterocycles. The fourth-order valence-electron chi connectivity index (χ4n) is 3.54. The average Bonchev–Trinajstić information content (AvgIpc) is 2.98. The second-order valence-electron chi connectivity index (χ2n) is 6.62. The van der Waals surface area contributed by atoms with Gasteiger partial charge in [-0.05, 0) is 55.9 Å². The minimum absolute atomic E-state index is 0.000109. The molecule has 23 heavy (non-hydrogen) atoms. The molecule has 1 N–H and O–H groups in total. The molecule has 1 aliphatic heterocycles. The third-order valence-corrected chi connectivity index (χ3v) is 5.05. The number of carbonyl (C=O) groups excluding carboxylic acids is 1. The molecule has 1 heterocycles. The largest absolute Gasteiger partial charge is 0.484 e. The third kappa shape index (κ3) is 3.51. The SMILES string of the molecule is Cc1ccc(OCC(=O)N2CCO[C@H]3C[C@H](CO)C[C@@H]32)cc1C. The molecule has 1 aromatic rings. The minimum Gasteiger partial charge on any atom is -0.484 e. The van der Waals surface area contributed by atoms with E-state index in [0.29, 0.717) is 13.2 Å². The first-order valence-electron chi connectivity index (χ1n) is 8.30. The monoisotopic (exact) mass is 319 g/mol. The van der Waals surface area contributed by atoms with Crippen LogP contribution in [-0.2, 0) is 9.53 Å². The van der Waals surface area contributed by atoms with Gasteiger partial charge in [-0.1, -0.05) is 6.07 Å². The van der Waals surface area contributed by atoms with Crippen molar-refractivity contribution < 1.29 is 19.4 Å². The predicted molar refractivity (Wildman–Crippen MR) is 86.5 cm³/mol. The van der Waals surface area contributed by atoms with Crippen molar-refractivity contribution in [1.82, 2.24) is 4.90 Å². The van der Waals surface area contributed by atoms with Gasteiger partial charge < -0.3 is 19.5 Å². The van der Waals surface area contributed by atoms with E-state index >= 15 is 0 Å². The normalized spacial score (nSPS) is 26.9. The summed E-state index contributed by atoms with van der Waals surface area (Å²) in [5.74, 6) is 0.963. The summed E-state index contributed by atoms with van der Waals surface area (Å²) in [7, 11) is 0. The number of fused-ring (bicyclic) bond motifs is 1. The Morgan fingerprint density at radius 2 is 2.17 bits per heavy atom. The highest BCUT2D eigenvalue weighted by Gasteiger charge is 2.42. The van der Waals surface area contributed by atoms with E-state index in [1.54, 1.807) is 0 Å². The topological polar surface area (TPSA) is 59.0 Å². The van der Waals surface area contributed by atoms with Crippen molar-refractivity contribution in [1.29, 1.82) is 0 Å². The Morgan fingerprint density at radius 1 is 1.35 bits per heavy atom. The Labute approximate surface area is 137 Å². The van der Waals surface area contributed by atoms with Gasteiger partial charge in [0.25, 0.3) is 5.91 Å². The van der Waals surface area contributed by atoms with Gasteiger partial charge in [-0.2, -0.15) is 0 Å². The smallest absolute Gasteiger partial charge is 0.260 e. The summed E-state index contributed by atoms with van der Waals surface area (Å²) in [5, 5.41) is 9.35. The Kier molecular flexibility index (Phi) is 4.87. The molecular formula is C18H25NO4. The van der Waals surface area contributed by atoms with E-state index < -0.39 is 0 Å². The Morgan fingerprint density at radius 3 is 2.91 bits per heavy atom. The molecule has 5 heteroatoms. The maximum Gasteiger partial charge on any atom is 0.260 e. The number of nitrogens with zero attached hydrogens (tertiary/aromatic N) is 1. The van der Waals surface area contributed by atoms with Crippen LogP contribution in [0.2, 0.25) is 0 Å². The van der Waals surface area contributed by atoms with Gasteiger partial charge in [0, 0.05) is 13.2 Å². The fraction of sp³-hybridized carbons (Fsp3) is 0.611. The van der Waals surface area contributed by atoms with E-state index in [9.17, 15) is 9.90 Å². The van der Waals surface area contributed by atoms with Crippen molar-refractivity contribution in [3.8, 4) is 5.75 Å². The number of ether oxygens (including phenoxy) is 2. The number of amides is 1. The highest BCUT2D eigenvalue weighted by Crippen LogP contribution is 2.34. The first kappa shape index (κ1) is 16.3. The molecule has 0 unspecified atom stereocenters. The fourth-order valence-corrected chi connectivity index (χ4v) is 3.54. The van der Waals surface area contributed by atoms with E-state index in [2.05, 4.69) is 6.92 Å². The van der Waals surface area contributed by atoms with E-state index in [-0.39, 0.29) is 37.2 Å². The molecule has 1 aromatic carbocycles. The number of benzene rings is 1. The quantitative estimate of drug-likeness (QED) is 0.917. The number of hydrogen-bond acceptors (Lipinski definition) is 4. The van der Waals surface area contributed by atoms with Crippen LogP contribution in [0, 0.1) is 19.8 Å². The summed E-state index contributed by atoms with van der Waals surface area (Å²) in [6.45, 7) is 5.47. The summed E-state index contributed by atoms with van der Waals surface area (Å²) in [6, 6.07) is 5.94. The van der Waals surface area contributed by atoms with Gasteiger partial charge in [0.05, 0.1) is 18.8 Å². The van der Waals surface area contributed by atoms with Crippen molar-refractivity contribution in [2.75, 3.05) is 26.4 Å². The number of rotatable bonds is 4. The van der Waals surface area contributed by atoms with Crippen LogP contribution >= 0.6 is 0 Å². The van der Waals surface area contributed by atoms with Gasteiger partial charge in [0.2, 0.25) is 0 Å². The molecule has 5 nitrogen and oxygen atoms in total. The summed E-state index contributed by atoms with van der Waals surface area (Å²) in [4.78, 5) is 14.4. The van der Waals surface area contributed by atoms with Gasteiger partial charge in [-0.25, -0.2) is 0 Å². The number of morpholine rings is 1. The maximum absolute atomic E-state index is 12.5. The molecule has 0 spiro atoms. The lowest BCUT2D eigenvalue weighted by molar-refractivity contribution is -0.146. The van der Waals surface area contributed by atoms with Crippen LogP contribution in [0.5, 0.6) is 5.75 Å². The van der Waals surface area contributed by atoms with Crippen LogP contribution < -0.4 is 4.74 Å². The molecule has 3 atom stereocenters. The van der Waals surface area contributed by atoms with Gasteiger partial charge in [0.15, 0.2) is 6.61 Å². The molecular weight excluding hydrogens is 294 g/mol. The van der Waals surface area contributed by atoms with Crippen LogP contribution in [0.25, 0.3) is 0 Å². The van der Waals surface area contributed by atoms with Crippen LogP contribution in [0.1, 0.15) is 24.0 Å². The van der Waals surface area contributed by atoms with Gasteiger partial charge >= 0.3 is 0 Å². The molecule has 0 radical (unpaired) electrons. The van der Waals surface area contributed by atoms with Crippen molar-refractivity contribution in [2.45, 2.75) is 38.8 Å². The average molecular weight is 319 g/mol. The van der Waals surface area contributed by atoms with Gasteiger partial charge in [-0.15, -0.1) is 0 Å².